The molecule has 1 saturated heterocycles. The first kappa shape index (κ1) is 27.8. The van der Waals surface area contributed by atoms with E-state index < -0.39 is 22.0 Å². The minimum absolute atomic E-state index is 0.169. The second kappa shape index (κ2) is 12.0. The fraction of sp³-hybridized carbons (Fsp3) is 0.318. The highest BCUT2D eigenvalue weighted by molar-refractivity contribution is 7.90. The van der Waals surface area contributed by atoms with Gasteiger partial charge in [0, 0.05) is 25.7 Å². The molecule has 2 aromatic carbocycles. The third-order valence-corrected chi connectivity index (χ3v) is 7.92. The number of nitrogens with zero attached hydrogens (tertiary/aromatic N) is 3. The average Bonchev–Trinajstić information content (AvgIpc) is 3.47. The molecule has 2 N–H and O–H groups in total. The first-order valence-electron chi connectivity index (χ1n) is 10.5. The van der Waals surface area contributed by atoms with Crippen LogP contribution in [-0.4, -0.2) is 59.1 Å². The summed E-state index contributed by atoms with van der Waals surface area (Å²) in [5.41, 5.74) is 2.06. The number of benzene rings is 2. The van der Waals surface area contributed by atoms with Crippen LogP contribution in [0.3, 0.4) is 0 Å². The van der Waals surface area contributed by atoms with E-state index in [9.17, 15) is 21.6 Å². The molecule has 0 aliphatic carbocycles. The van der Waals surface area contributed by atoms with Gasteiger partial charge in [0.2, 0.25) is 0 Å². The Morgan fingerprint density at radius 2 is 1.92 bits per heavy atom. The van der Waals surface area contributed by atoms with Crippen molar-refractivity contribution >= 4 is 44.6 Å². The Morgan fingerprint density at radius 3 is 2.50 bits per heavy atom. The van der Waals surface area contributed by atoms with Crippen LogP contribution in [0.5, 0.6) is 0 Å². The van der Waals surface area contributed by atoms with Crippen molar-refractivity contribution in [3.63, 3.8) is 0 Å². The summed E-state index contributed by atoms with van der Waals surface area (Å²) < 4.78 is 60.7. The van der Waals surface area contributed by atoms with E-state index in [0.29, 0.717) is 10.0 Å². The molecule has 1 atom stereocenters. The fourth-order valence-electron chi connectivity index (χ4n) is 3.47. The van der Waals surface area contributed by atoms with Gasteiger partial charge in [0.25, 0.3) is 0 Å². The van der Waals surface area contributed by atoms with Crippen molar-refractivity contribution in [3.8, 4) is 0 Å². The molecule has 0 amide bonds. The quantitative estimate of drug-likeness (QED) is 0.433. The number of aromatic nitrogens is 2. The van der Waals surface area contributed by atoms with Gasteiger partial charge in [-0.25, -0.2) is 18.2 Å². The van der Waals surface area contributed by atoms with E-state index in [1.807, 2.05) is 6.07 Å². The third kappa shape index (κ3) is 8.15. The van der Waals surface area contributed by atoms with Gasteiger partial charge in [-0.3, -0.25) is 4.90 Å². The number of alkyl halides is 3. The first-order chi connectivity index (χ1) is 16.9. The number of hydrogen-bond acceptors (Lipinski definition) is 8. The standard InChI is InChI=1S/C20H21ClN4O2S2.C2HF3O2/c21-18-10-17(29(26,27)13-20-22-14-23-28-20)6-7-19(18)24-16-8-9-25(12-16)11-15-4-2-1-3-5-15;3-2(4,5)1(6)7/h1-7,10,14,16,24H,8-9,11-13H2;(H,6,7)/t16-;/m0./s1. The summed E-state index contributed by atoms with van der Waals surface area (Å²) in [6, 6.07) is 15.5. The molecule has 1 aliphatic heterocycles. The second-order valence-corrected chi connectivity index (χ2v) is 11.2. The Morgan fingerprint density at radius 1 is 1.22 bits per heavy atom. The van der Waals surface area contributed by atoms with Gasteiger partial charge >= 0.3 is 12.1 Å². The number of carboxylic acid groups (broad SMARTS) is 1. The largest absolute Gasteiger partial charge is 0.490 e. The van der Waals surface area contributed by atoms with Crippen LogP contribution in [0, 0.1) is 0 Å². The van der Waals surface area contributed by atoms with Gasteiger partial charge in [-0.05, 0) is 41.7 Å². The highest BCUT2D eigenvalue weighted by atomic mass is 35.5. The topological polar surface area (TPSA) is 112 Å². The van der Waals surface area contributed by atoms with Crippen molar-refractivity contribution in [1.29, 1.82) is 0 Å². The number of likely N-dealkylation sites (tertiary alicyclic amines) is 1. The van der Waals surface area contributed by atoms with Crippen LogP contribution in [0.4, 0.5) is 18.9 Å². The molecule has 8 nitrogen and oxygen atoms in total. The molecule has 1 fully saturated rings. The molecule has 0 unspecified atom stereocenters. The minimum Gasteiger partial charge on any atom is -0.475 e. The SMILES string of the molecule is O=C(O)C(F)(F)F.O=S(=O)(Cc1ncns1)c1ccc(N[C@H]2CCN(Cc3ccccc3)C2)c(Cl)c1. The van der Waals surface area contributed by atoms with E-state index in [1.54, 1.807) is 12.1 Å². The smallest absolute Gasteiger partial charge is 0.475 e. The molecular weight excluding hydrogens is 541 g/mol. The summed E-state index contributed by atoms with van der Waals surface area (Å²) in [6.07, 6.45) is -2.71. The summed E-state index contributed by atoms with van der Waals surface area (Å²) >= 11 is 7.48. The van der Waals surface area contributed by atoms with Crippen LogP contribution in [0.25, 0.3) is 0 Å². The lowest BCUT2D eigenvalue weighted by molar-refractivity contribution is -0.192. The number of rotatable bonds is 7. The Bertz CT molecular complexity index is 1260. The summed E-state index contributed by atoms with van der Waals surface area (Å²) in [5, 5.41) is 11.5. The Kier molecular flexibility index (Phi) is 9.28. The van der Waals surface area contributed by atoms with Crippen molar-refractivity contribution in [3.05, 3.63) is 70.5 Å². The lowest BCUT2D eigenvalue weighted by Crippen LogP contribution is -2.26. The number of carbonyl (C=O) groups is 1. The van der Waals surface area contributed by atoms with Crippen molar-refractivity contribution in [2.24, 2.45) is 0 Å². The maximum atomic E-state index is 12.6. The molecule has 194 valence electrons. The molecule has 1 aromatic heterocycles. The average molecular weight is 563 g/mol. The van der Waals surface area contributed by atoms with Gasteiger partial charge in [0.05, 0.1) is 15.6 Å². The molecule has 1 aliphatic rings. The van der Waals surface area contributed by atoms with Crippen molar-refractivity contribution in [2.45, 2.75) is 35.8 Å². The van der Waals surface area contributed by atoms with E-state index >= 15 is 0 Å². The van der Waals surface area contributed by atoms with Crippen LogP contribution in [0.1, 0.15) is 17.0 Å². The summed E-state index contributed by atoms with van der Waals surface area (Å²) in [5.74, 6) is -2.93. The number of hydrogen-bond donors (Lipinski definition) is 2. The van der Waals surface area contributed by atoms with Crippen molar-refractivity contribution in [1.82, 2.24) is 14.3 Å². The zero-order chi connectivity index (χ0) is 26.3. The van der Waals surface area contributed by atoms with Crippen LogP contribution >= 0.6 is 23.1 Å². The van der Waals surface area contributed by atoms with Crippen molar-refractivity contribution < 1.29 is 31.5 Å². The van der Waals surface area contributed by atoms with Gasteiger partial charge in [0.1, 0.15) is 17.1 Å². The van der Waals surface area contributed by atoms with Crippen LogP contribution < -0.4 is 5.32 Å². The molecule has 3 aromatic rings. The van der Waals surface area contributed by atoms with Gasteiger partial charge in [-0.2, -0.15) is 17.5 Å². The zero-order valence-corrected chi connectivity index (χ0v) is 21.0. The molecule has 2 heterocycles. The summed E-state index contributed by atoms with van der Waals surface area (Å²) in [6.45, 7) is 2.86. The van der Waals surface area contributed by atoms with E-state index in [0.717, 1.165) is 43.3 Å². The molecule has 14 heteroatoms. The maximum absolute atomic E-state index is 12.6. The predicted octanol–water partition coefficient (Wildman–Crippen LogP) is 4.49. The fourth-order valence-corrected chi connectivity index (χ4v) is 5.89. The number of sulfone groups is 1. The number of anilines is 1. The number of nitrogens with one attached hydrogen (secondary N) is 1. The molecule has 0 radical (unpaired) electrons. The molecule has 4 rings (SSSR count). The van der Waals surface area contributed by atoms with E-state index in [2.05, 4.69) is 43.8 Å². The number of halogens is 4. The molecule has 0 spiro atoms. The highest BCUT2D eigenvalue weighted by Gasteiger charge is 2.38. The zero-order valence-electron chi connectivity index (χ0n) is 18.7. The molecule has 36 heavy (non-hydrogen) atoms. The predicted molar refractivity (Wildman–Crippen MR) is 130 cm³/mol. The third-order valence-electron chi connectivity index (χ3n) is 5.14. The number of aliphatic carboxylic acids is 1. The monoisotopic (exact) mass is 562 g/mol. The van der Waals surface area contributed by atoms with Crippen LogP contribution in [0.15, 0.2) is 59.8 Å². The Hall–Kier alpha value is -2.74. The minimum atomic E-state index is -5.08. The van der Waals surface area contributed by atoms with Gasteiger partial charge in [0.15, 0.2) is 9.84 Å². The lowest BCUT2D eigenvalue weighted by Gasteiger charge is -2.18. The summed E-state index contributed by atoms with van der Waals surface area (Å²) in [7, 11) is -3.51. The van der Waals surface area contributed by atoms with Crippen LogP contribution in [0.2, 0.25) is 5.02 Å². The molecule has 0 saturated carbocycles. The Labute approximate surface area is 214 Å². The summed E-state index contributed by atoms with van der Waals surface area (Å²) in [4.78, 5) is 15.4. The van der Waals surface area contributed by atoms with Gasteiger partial charge < -0.3 is 10.4 Å². The van der Waals surface area contributed by atoms with Crippen LogP contribution in [-0.2, 0) is 26.9 Å². The van der Waals surface area contributed by atoms with E-state index in [1.165, 1.54) is 18.0 Å². The van der Waals surface area contributed by atoms with Gasteiger partial charge in [-0.1, -0.05) is 41.9 Å². The Balaban J connectivity index is 0.000000454. The first-order valence-corrected chi connectivity index (χ1v) is 13.3. The number of carboxylic acids is 1. The molecular formula is C22H22ClF3N4O4S2. The normalized spacial score (nSPS) is 16.3. The van der Waals surface area contributed by atoms with Gasteiger partial charge in [-0.15, -0.1) is 0 Å². The van der Waals surface area contributed by atoms with Crippen molar-refractivity contribution in [2.75, 3.05) is 18.4 Å². The highest BCUT2D eigenvalue weighted by Crippen LogP contribution is 2.29. The van der Waals surface area contributed by atoms with E-state index in [4.69, 9.17) is 21.5 Å². The van der Waals surface area contributed by atoms with E-state index in [-0.39, 0.29) is 16.7 Å². The second-order valence-electron chi connectivity index (χ2n) is 7.89. The maximum Gasteiger partial charge on any atom is 0.490 e. The lowest BCUT2D eigenvalue weighted by atomic mass is 10.2. The molecule has 0 bridgehead atoms.